The van der Waals surface area contributed by atoms with Gasteiger partial charge in [-0.2, -0.15) is 0 Å². The second-order valence-electron chi connectivity index (χ2n) is 2.60. The maximum Gasteiger partial charge on any atom is 0.303 e. The van der Waals surface area contributed by atoms with E-state index >= 15 is 0 Å². The van der Waals surface area contributed by atoms with E-state index in [2.05, 4.69) is 0 Å². The summed E-state index contributed by atoms with van der Waals surface area (Å²) in [4.78, 5) is 10.6. The monoisotopic (exact) mass is 156 g/mol. The quantitative estimate of drug-likeness (QED) is 0.536. The molecule has 2 atom stereocenters. The fourth-order valence-electron chi connectivity index (χ4n) is 1.01. The van der Waals surface area contributed by atoms with Crippen molar-refractivity contribution in [2.75, 3.05) is 0 Å². The van der Waals surface area contributed by atoms with Crippen molar-refractivity contribution in [2.45, 2.75) is 32.5 Å². The molecule has 1 rings (SSSR count). The van der Waals surface area contributed by atoms with E-state index in [4.69, 9.17) is 9.47 Å². The van der Waals surface area contributed by atoms with Crippen LogP contribution in [0.2, 0.25) is 0 Å². The molecule has 0 aromatic carbocycles. The van der Waals surface area contributed by atoms with Gasteiger partial charge in [0.25, 0.3) is 0 Å². The number of carbonyl (C=O) groups excluding carboxylic acids is 1. The Morgan fingerprint density at radius 1 is 1.73 bits per heavy atom. The van der Waals surface area contributed by atoms with Gasteiger partial charge >= 0.3 is 5.97 Å². The zero-order valence-corrected chi connectivity index (χ0v) is 6.74. The molecular weight excluding hydrogens is 144 g/mol. The van der Waals surface area contributed by atoms with Crippen LogP contribution < -0.4 is 0 Å². The Bertz CT molecular complexity index is 174. The van der Waals surface area contributed by atoms with Crippen LogP contribution in [0.25, 0.3) is 0 Å². The number of carbonyl (C=O) groups is 1. The Morgan fingerprint density at radius 2 is 2.45 bits per heavy atom. The van der Waals surface area contributed by atoms with Gasteiger partial charge in [0, 0.05) is 13.3 Å². The molecule has 0 bridgehead atoms. The fraction of sp³-hybridized carbons (Fsp3) is 0.625. The number of hydrogen-bond donors (Lipinski definition) is 0. The third-order valence-electron chi connectivity index (χ3n) is 1.60. The number of esters is 1. The molecule has 3 heteroatoms. The predicted molar refractivity (Wildman–Crippen MR) is 39.9 cm³/mol. The summed E-state index contributed by atoms with van der Waals surface area (Å²) in [6, 6.07) is 0. The lowest BCUT2D eigenvalue weighted by atomic mass is 10.1. The Kier molecular flexibility index (Phi) is 2.52. The highest BCUT2D eigenvalue weighted by Gasteiger charge is 2.21. The molecule has 0 N–H and O–H groups in total. The molecule has 0 saturated heterocycles. The van der Waals surface area contributed by atoms with Crippen LogP contribution in [0.15, 0.2) is 12.3 Å². The lowest BCUT2D eigenvalue weighted by Crippen LogP contribution is -2.31. The zero-order chi connectivity index (χ0) is 8.27. The van der Waals surface area contributed by atoms with Crippen LogP contribution >= 0.6 is 0 Å². The second-order valence-corrected chi connectivity index (χ2v) is 2.60. The predicted octanol–water partition coefficient (Wildman–Crippen LogP) is 1.24. The smallest absolute Gasteiger partial charge is 0.303 e. The molecule has 0 spiro atoms. The van der Waals surface area contributed by atoms with Gasteiger partial charge < -0.3 is 9.47 Å². The molecule has 0 aliphatic carbocycles. The molecule has 0 saturated carbocycles. The highest BCUT2D eigenvalue weighted by molar-refractivity contribution is 5.66. The van der Waals surface area contributed by atoms with Crippen LogP contribution in [0.1, 0.15) is 20.3 Å². The lowest BCUT2D eigenvalue weighted by Gasteiger charge is -2.24. The van der Waals surface area contributed by atoms with E-state index < -0.39 is 0 Å². The van der Waals surface area contributed by atoms with E-state index in [1.54, 1.807) is 6.26 Å². The van der Waals surface area contributed by atoms with Crippen molar-refractivity contribution >= 4 is 5.97 Å². The van der Waals surface area contributed by atoms with Crippen molar-refractivity contribution in [1.82, 2.24) is 0 Å². The van der Waals surface area contributed by atoms with Gasteiger partial charge in [0.1, 0.15) is 12.2 Å². The van der Waals surface area contributed by atoms with Crippen molar-refractivity contribution in [3.63, 3.8) is 0 Å². The molecule has 3 nitrogen and oxygen atoms in total. The molecule has 1 aliphatic rings. The first-order valence-electron chi connectivity index (χ1n) is 3.68. The second kappa shape index (κ2) is 3.42. The maximum absolute atomic E-state index is 10.6. The van der Waals surface area contributed by atoms with Gasteiger partial charge in [-0.25, -0.2) is 0 Å². The summed E-state index contributed by atoms with van der Waals surface area (Å²) in [7, 11) is 0. The van der Waals surface area contributed by atoms with Gasteiger partial charge in [0.05, 0.1) is 6.26 Å². The first-order valence-corrected chi connectivity index (χ1v) is 3.68. The average molecular weight is 156 g/mol. The van der Waals surface area contributed by atoms with Gasteiger partial charge in [-0.3, -0.25) is 4.79 Å². The van der Waals surface area contributed by atoms with Crippen molar-refractivity contribution in [2.24, 2.45) is 0 Å². The van der Waals surface area contributed by atoms with Crippen LogP contribution in [-0.2, 0) is 14.3 Å². The van der Waals surface area contributed by atoms with Gasteiger partial charge in [0.15, 0.2) is 0 Å². The summed E-state index contributed by atoms with van der Waals surface area (Å²) in [6.45, 7) is 3.29. The van der Waals surface area contributed by atoms with Gasteiger partial charge in [-0.1, -0.05) is 0 Å². The van der Waals surface area contributed by atoms with Crippen LogP contribution in [0.5, 0.6) is 0 Å². The molecule has 62 valence electrons. The summed E-state index contributed by atoms with van der Waals surface area (Å²) < 4.78 is 10.1. The molecule has 11 heavy (non-hydrogen) atoms. The minimum atomic E-state index is -0.249. The van der Waals surface area contributed by atoms with Crippen LogP contribution in [-0.4, -0.2) is 18.2 Å². The molecule has 0 radical (unpaired) electrons. The summed E-state index contributed by atoms with van der Waals surface area (Å²) >= 11 is 0. The molecule has 0 aromatic heterocycles. The van der Waals surface area contributed by atoms with Crippen LogP contribution in [0.3, 0.4) is 0 Å². The average Bonchev–Trinajstić information content (AvgIpc) is 1.93. The van der Waals surface area contributed by atoms with Crippen molar-refractivity contribution in [3.05, 3.63) is 12.3 Å². The normalized spacial score (nSPS) is 29.3. The van der Waals surface area contributed by atoms with E-state index in [-0.39, 0.29) is 18.2 Å². The van der Waals surface area contributed by atoms with Crippen molar-refractivity contribution < 1.29 is 14.3 Å². The topological polar surface area (TPSA) is 35.5 Å². The summed E-state index contributed by atoms with van der Waals surface area (Å²) in [6.07, 6.45) is 4.11. The van der Waals surface area contributed by atoms with E-state index in [1.807, 2.05) is 13.0 Å². The summed E-state index contributed by atoms with van der Waals surface area (Å²) in [5.74, 6) is -0.249. The van der Waals surface area contributed by atoms with Crippen LogP contribution in [0, 0.1) is 0 Å². The number of ether oxygens (including phenoxy) is 2. The third kappa shape index (κ3) is 2.26. The molecule has 0 unspecified atom stereocenters. The van der Waals surface area contributed by atoms with Crippen molar-refractivity contribution in [3.8, 4) is 0 Å². The van der Waals surface area contributed by atoms with Gasteiger partial charge in [0.2, 0.25) is 0 Å². The SMILES string of the molecule is CC(=O)O[C@H]1CC=CO[C@@H]1C. The van der Waals surface area contributed by atoms with Gasteiger partial charge in [-0.05, 0) is 13.0 Å². The largest absolute Gasteiger partial charge is 0.495 e. The molecular formula is C8H12O3. The maximum atomic E-state index is 10.6. The number of rotatable bonds is 1. The molecule has 0 amide bonds. The van der Waals surface area contributed by atoms with E-state index in [0.29, 0.717) is 0 Å². The summed E-state index contributed by atoms with van der Waals surface area (Å²) in [5, 5.41) is 0. The summed E-state index contributed by atoms with van der Waals surface area (Å²) in [5.41, 5.74) is 0. The van der Waals surface area contributed by atoms with E-state index in [1.165, 1.54) is 6.92 Å². The van der Waals surface area contributed by atoms with E-state index in [0.717, 1.165) is 6.42 Å². The first-order chi connectivity index (χ1) is 5.20. The molecule has 0 fully saturated rings. The Hall–Kier alpha value is -0.990. The highest BCUT2D eigenvalue weighted by Crippen LogP contribution is 2.14. The third-order valence-corrected chi connectivity index (χ3v) is 1.60. The molecule has 1 heterocycles. The Balaban J connectivity index is 2.44. The van der Waals surface area contributed by atoms with Gasteiger partial charge in [-0.15, -0.1) is 0 Å². The minimum Gasteiger partial charge on any atom is -0.495 e. The molecule has 0 aromatic rings. The Morgan fingerprint density at radius 3 is 3.00 bits per heavy atom. The lowest BCUT2D eigenvalue weighted by molar-refractivity contribution is -0.152. The van der Waals surface area contributed by atoms with E-state index in [9.17, 15) is 4.79 Å². The minimum absolute atomic E-state index is 0.0242. The molecule has 1 aliphatic heterocycles. The standard InChI is InChI=1S/C8H12O3/c1-6-8(11-7(2)9)4-3-5-10-6/h3,5-6,8H,4H2,1-2H3/t6-,8+/m1/s1. The Labute approximate surface area is 66.0 Å². The first kappa shape index (κ1) is 8.11. The highest BCUT2D eigenvalue weighted by atomic mass is 16.6. The zero-order valence-electron chi connectivity index (χ0n) is 6.74. The fourth-order valence-corrected chi connectivity index (χ4v) is 1.01. The van der Waals surface area contributed by atoms with Crippen LogP contribution in [0.4, 0.5) is 0 Å². The van der Waals surface area contributed by atoms with Crippen molar-refractivity contribution in [1.29, 1.82) is 0 Å². The number of hydrogen-bond acceptors (Lipinski definition) is 3.